The maximum Gasteiger partial charge on any atom is 0.153 e. The van der Waals surface area contributed by atoms with Gasteiger partial charge in [0.05, 0.1) is 11.1 Å². The van der Waals surface area contributed by atoms with Gasteiger partial charge in [-0.3, -0.25) is 9.59 Å². The number of rotatable bonds is 7. The Hall–Kier alpha value is -1.66. The molecule has 0 amide bonds. The van der Waals surface area contributed by atoms with Gasteiger partial charge >= 0.3 is 0 Å². The number of ether oxygens (including phenoxy) is 2. The molecule has 0 aliphatic heterocycles. The topological polar surface area (TPSA) is 52.6 Å². The van der Waals surface area contributed by atoms with E-state index in [1.54, 1.807) is 36.4 Å². The smallest absolute Gasteiger partial charge is 0.153 e. The summed E-state index contributed by atoms with van der Waals surface area (Å²) in [7, 11) is 0. The van der Waals surface area contributed by atoms with Gasteiger partial charge in [-0.1, -0.05) is 31.9 Å². The van der Waals surface area contributed by atoms with E-state index in [1.165, 1.54) is 0 Å². The Bertz CT molecular complexity index is 626. The Balaban J connectivity index is 1.92. The zero-order valence-corrected chi connectivity index (χ0v) is 14.6. The van der Waals surface area contributed by atoms with E-state index < -0.39 is 0 Å². The minimum atomic E-state index is 0.261. The number of hydrogen-bond donors (Lipinski definition) is 0. The van der Waals surface area contributed by atoms with E-state index in [0.29, 0.717) is 22.6 Å². The lowest BCUT2D eigenvalue weighted by atomic mass is 10.2. The zero-order chi connectivity index (χ0) is 15.9. The molecule has 0 heterocycles. The molecule has 0 atom stereocenters. The van der Waals surface area contributed by atoms with Crippen molar-refractivity contribution in [3.8, 4) is 11.5 Å². The van der Waals surface area contributed by atoms with Crippen LogP contribution in [0.3, 0.4) is 0 Å². The summed E-state index contributed by atoms with van der Waals surface area (Å²) in [5, 5.41) is 0. The van der Waals surface area contributed by atoms with Crippen LogP contribution in [0.2, 0.25) is 0 Å². The largest absolute Gasteiger partial charge is 0.489 e. The van der Waals surface area contributed by atoms with Gasteiger partial charge in [0.1, 0.15) is 24.7 Å². The molecule has 0 saturated heterocycles. The van der Waals surface area contributed by atoms with Gasteiger partial charge in [-0.05, 0) is 36.4 Å². The highest BCUT2D eigenvalue weighted by atomic mass is 79.9. The van der Waals surface area contributed by atoms with Crippen molar-refractivity contribution < 1.29 is 19.1 Å². The first-order chi connectivity index (χ1) is 10.6. The average molecular weight is 428 g/mol. The van der Waals surface area contributed by atoms with E-state index in [2.05, 4.69) is 31.9 Å². The molecule has 0 aromatic heterocycles. The molecule has 0 aliphatic rings. The van der Waals surface area contributed by atoms with Gasteiger partial charge < -0.3 is 9.47 Å². The van der Waals surface area contributed by atoms with Crippen molar-refractivity contribution in [2.24, 2.45) is 0 Å². The molecule has 0 spiro atoms. The molecule has 6 heteroatoms. The van der Waals surface area contributed by atoms with Crippen molar-refractivity contribution in [1.29, 1.82) is 0 Å². The first-order valence-corrected chi connectivity index (χ1v) is 7.97. The van der Waals surface area contributed by atoms with Crippen LogP contribution in [0, 0.1) is 0 Å². The van der Waals surface area contributed by atoms with Crippen LogP contribution < -0.4 is 9.47 Å². The van der Waals surface area contributed by atoms with Crippen LogP contribution in [0.25, 0.3) is 0 Å². The second-order valence-corrected chi connectivity index (χ2v) is 6.13. The molecular weight excluding hydrogens is 416 g/mol. The highest BCUT2D eigenvalue weighted by Crippen LogP contribution is 2.23. The van der Waals surface area contributed by atoms with E-state index in [0.717, 1.165) is 21.5 Å². The lowest BCUT2D eigenvalue weighted by Crippen LogP contribution is -2.10. The van der Waals surface area contributed by atoms with E-state index in [-0.39, 0.29) is 13.2 Å². The summed E-state index contributed by atoms with van der Waals surface area (Å²) in [5.74, 6) is 0.987. The molecule has 0 fully saturated rings. The number of carbonyl (C=O) groups is 2. The summed E-state index contributed by atoms with van der Waals surface area (Å²) in [6.45, 7) is 0.521. The van der Waals surface area contributed by atoms with Gasteiger partial charge in [0, 0.05) is 8.95 Å². The molecule has 2 aromatic rings. The SMILES string of the molecule is O=Cc1cc(Br)ccc1OCCOc1ccc(Br)cc1C=O. The fourth-order valence-corrected chi connectivity index (χ4v) is 2.55. The van der Waals surface area contributed by atoms with E-state index in [9.17, 15) is 9.59 Å². The molecule has 0 N–H and O–H groups in total. The highest BCUT2D eigenvalue weighted by Gasteiger charge is 2.06. The Morgan fingerprint density at radius 3 is 1.55 bits per heavy atom. The first kappa shape index (κ1) is 16.7. The van der Waals surface area contributed by atoms with Crippen LogP contribution in [0.1, 0.15) is 20.7 Å². The average Bonchev–Trinajstić information content (AvgIpc) is 2.53. The second-order valence-electron chi connectivity index (χ2n) is 4.30. The van der Waals surface area contributed by atoms with Crippen molar-refractivity contribution in [3.05, 3.63) is 56.5 Å². The van der Waals surface area contributed by atoms with E-state index >= 15 is 0 Å². The number of aldehydes is 2. The number of benzene rings is 2. The second kappa shape index (κ2) is 8.10. The van der Waals surface area contributed by atoms with Gasteiger partial charge in [0.2, 0.25) is 0 Å². The molecular formula is C16H12Br2O4. The third-order valence-electron chi connectivity index (χ3n) is 2.80. The molecule has 2 aromatic carbocycles. The quantitative estimate of drug-likeness (QED) is 0.488. The Labute approximate surface area is 144 Å². The van der Waals surface area contributed by atoms with Crippen LogP contribution in [0.4, 0.5) is 0 Å². The highest BCUT2D eigenvalue weighted by molar-refractivity contribution is 9.10. The number of carbonyl (C=O) groups excluding carboxylic acids is 2. The Kier molecular flexibility index (Phi) is 6.15. The van der Waals surface area contributed by atoms with Crippen LogP contribution in [0.5, 0.6) is 11.5 Å². The fraction of sp³-hybridized carbons (Fsp3) is 0.125. The van der Waals surface area contributed by atoms with Crippen LogP contribution in [-0.2, 0) is 0 Å². The summed E-state index contributed by atoms with van der Waals surface area (Å²) < 4.78 is 12.7. The van der Waals surface area contributed by atoms with Crippen molar-refractivity contribution in [2.45, 2.75) is 0 Å². The maximum atomic E-state index is 11.0. The summed E-state index contributed by atoms with van der Waals surface area (Å²) in [4.78, 5) is 21.9. The lowest BCUT2D eigenvalue weighted by molar-refractivity contribution is 0.110. The Morgan fingerprint density at radius 1 is 0.773 bits per heavy atom. The predicted octanol–water partition coefficient (Wildman–Crippen LogP) is 4.29. The number of halogens is 2. The predicted molar refractivity (Wildman–Crippen MR) is 90.0 cm³/mol. The summed E-state index contributed by atoms with van der Waals surface area (Å²) in [5.41, 5.74) is 0.929. The van der Waals surface area contributed by atoms with Crippen molar-refractivity contribution in [1.82, 2.24) is 0 Å². The molecule has 2 rings (SSSR count). The van der Waals surface area contributed by atoms with Crippen LogP contribution in [0.15, 0.2) is 45.3 Å². The standard InChI is InChI=1S/C16H12Br2O4/c17-13-1-3-15(11(7-13)9-19)21-5-6-22-16-4-2-14(18)8-12(16)10-20/h1-4,7-10H,5-6H2. The third kappa shape index (κ3) is 4.42. The third-order valence-corrected chi connectivity index (χ3v) is 3.78. The van der Waals surface area contributed by atoms with Gasteiger partial charge in [-0.2, -0.15) is 0 Å². The summed E-state index contributed by atoms with van der Waals surface area (Å²) in [6.07, 6.45) is 1.47. The first-order valence-electron chi connectivity index (χ1n) is 6.39. The van der Waals surface area contributed by atoms with E-state index in [1.807, 2.05) is 0 Å². The normalized spacial score (nSPS) is 10.1. The molecule has 0 aliphatic carbocycles. The fourth-order valence-electron chi connectivity index (χ4n) is 1.79. The number of hydrogen-bond acceptors (Lipinski definition) is 4. The lowest BCUT2D eigenvalue weighted by Gasteiger charge is -2.11. The van der Waals surface area contributed by atoms with Crippen LogP contribution >= 0.6 is 31.9 Å². The van der Waals surface area contributed by atoms with E-state index in [4.69, 9.17) is 9.47 Å². The van der Waals surface area contributed by atoms with Gasteiger partial charge in [0.15, 0.2) is 12.6 Å². The molecule has 0 saturated carbocycles. The molecule has 4 nitrogen and oxygen atoms in total. The van der Waals surface area contributed by atoms with Crippen molar-refractivity contribution in [2.75, 3.05) is 13.2 Å². The van der Waals surface area contributed by atoms with Crippen molar-refractivity contribution in [3.63, 3.8) is 0 Å². The molecule has 0 unspecified atom stereocenters. The molecule has 114 valence electrons. The van der Waals surface area contributed by atoms with Gasteiger partial charge in [-0.15, -0.1) is 0 Å². The van der Waals surface area contributed by atoms with Gasteiger partial charge in [0.25, 0.3) is 0 Å². The molecule has 22 heavy (non-hydrogen) atoms. The summed E-state index contributed by atoms with van der Waals surface area (Å²) >= 11 is 6.59. The minimum Gasteiger partial charge on any atom is -0.489 e. The Morgan fingerprint density at radius 2 is 1.18 bits per heavy atom. The monoisotopic (exact) mass is 426 g/mol. The van der Waals surface area contributed by atoms with Crippen molar-refractivity contribution >= 4 is 44.4 Å². The minimum absolute atomic E-state index is 0.261. The maximum absolute atomic E-state index is 11.0. The molecule has 0 radical (unpaired) electrons. The molecule has 0 bridgehead atoms. The van der Waals surface area contributed by atoms with Gasteiger partial charge in [-0.25, -0.2) is 0 Å². The summed E-state index contributed by atoms with van der Waals surface area (Å²) in [6, 6.07) is 10.4. The zero-order valence-electron chi connectivity index (χ0n) is 11.4. The van der Waals surface area contributed by atoms with Crippen LogP contribution in [-0.4, -0.2) is 25.8 Å².